The highest BCUT2D eigenvalue weighted by Crippen LogP contribution is 2.38. The van der Waals surface area contributed by atoms with Crippen LogP contribution in [-0.4, -0.2) is 29.7 Å². The van der Waals surface area contributed by atoms with E-state index in [4.69, 9.17) is 0 Å². The second kappa shape index (κ2) is 4.23. The van der Waals surface area contributed by atoms with Gasteiger partial charge in [-0.1, -0.05) is 32.9 Å². The van der Waals surface area contributed by atoms with Gasteiger partial charge in [0, 0.05) is 25.0 Å². The summed E-state index contributed by atoms with van der Waals surface area (Å²) in [5, 5.41) is 0. The lowest BCUT2D eigenvalue weighted by Gasteiger charge is -2.29. The molecule has 2 rings (SSSR count). The molecule has 0 unspecified atom stereocenters. The standard InChI is InChI=1S/C9H14FN.C2H6/c1-2-9-4-3-5-11(9)7-8(10)6-9;1-2/h3-4,8H,2,5-7H2,1H3;1-2H3/t8-,9+;/m1./s1. The summed E-state index contributed by atoms with van der Waals surface area (Å²) >= 11 is 0. The Morgan fingerprint density at radius 1 is 1.54 bits per heavy atom. The van der Waals surface area contributed by atoms with E-state index < -0.39 is 6.17 Å². The first-order valence-corrected chi connectivity index (χ1v) is 5.34. The van der Waals surface area contributed by atoms with Crippen molar-refractivity contribution < 1.29 is 4.39 Å². The fourth-order valence-electron chi connectivity index (χ4n) is 2.31. The van der Waals surface area contributed by atoms with Gasteiger partial charge in [-0.3, -0.25) is 4.90 Å². The highest BCUT2D eigenvalue weighted by Gasteiger charge is 2.44. The molecule has 0 aromatic heterocycles. The molecular weight excluding hydrogens is 165 g/mol. The van der Waals surface area contributed by atoms with Crippen molar-refractivity contribution >= 4 is 0 Å². The van der Waals surface area contributed by atoms with Gasteiger partial charge >= 0.3 is 0 Å². The van der Waals surface area contributed by atoms with Crippen LogP contribution >= 0.6 is 0 Å². The molecule has 0 spiro atoms. The van der Waals surface area contributed by atoms with E-state index in [9.17, 15) is 4.39 Å². The Labute approximate surface area is 80.6 Å². The number of alkyl halides is 1. The Kier molecular flexibility index (Phi) is 3.48. The molecule has 2 aliphatic rings. The number of fused-ring (bicyclic) bond motifs is 1. The lowest BCUT2D eigenvalue weighted by Crippen LogP contribution is -2.37. The second-order valence-corrected chi connectivity index (χ2v) is 3.57. The number of hydrogen-bond donors (Lipinski definition) is 0. The summed E-state index contributed by atoms with van der Waals surface area (Å²) in [4.78, 5) is 2.25. The Morgan fingerprint density at radius 2 is 2.23 bits per heavy atom. The zero-order valence-corrected chi connectivity index (χ0v) is 8.89. The largest absolute Gasteiger partial charge is 0.288 e. The van der Waals surface area contributed by atoms with Crippen molar-refractivity contribution in [2.24, 2.45) is 0 Å². The molecule has 1 nitrogen and oxygen atoms in total. The minimum Gasteiger partial charge on any atom is -0.288 e. The third kappa shape index (κ3) is 1.78. The third-order valence-electron chi connectivity index (χ3n) is 2.99. The molecule has 2 heterocycles. The molecule has 0 aliphatic carbocycles. The predicted octanol–water partition coefficient (Wildman–Crippen LogP) is 2.78. The molecule has 76 valence electrons. The quantitative estimate of drug-likeness (QED) is 0.568. The molecule has 2 atom stereocenters. The number of halogens is 1. The second-order valence-electron chi connectivity index (χ2n) is 3.57. The van der Waals surface area contributed by atoms with Crippen LogP contribution in [0.5, 0.6) is 0 Å². The lowest BCUT2D eigenvalue weighted by atomic mass is 9.94. The zero-order chi connectivity index (χ0) is 9.90. The molecule has 2 heteroatoms. The van der Waals surface area contributed by atoms with Gasteiger partial charge in [0.05, 0.1) is 0 Å². The van der Waals surface area contributed by atoms with Crippen LogP contribution in [0.3, 0.4) is 0 Å². The minimum absolute atomic E-state index is 0.0966. The molecule has 0 N–H and O–H groups in total. The molecule has 0 radical (unpaired) electrons. The Balaban J connectivity index is 0.000000396. The maximum atomic E-state index is 13.0. The van der Waals surface area contributed by atoms with Crippen LogP contribution < -0.4 is 0 Å². The van der Waals surface area contributed by atoms with Crippen molar-refractivity contribution in [2.45, 2.75) is 45.3 Å². The summed E-state index contributed by atoms with van der Waals surface area (Å²) in [5.74, 6) is 0. The molecule has 0 bridgehead atoms. The number of nitrogens with zero attached hydrogens (tertiary/aromatic N) is 1. The van der Waals surface area contributed by atoms with Crippen LogP contribution in [0.2, 0.25) is 0 Å². The van der Waals surface area contributed by atoms with Crippen molar-refractivity contribution in [2.75, 3.05) is 13.1 Å². The van der Waals surface area contributed by atoms with E-state index in [2.05, 4.69) is 24.0 Å². The Bertz CT molecular complexity index is 191. The molecule has 13 heavy (non-hydrogen) atoms. The van der Waals surface area contributed by atoms with Crippen LogP contribution in [0.4, 0.5) is 4.39 Å². The van der Waals surface area contributed by atoms with Gasteiger partial charge in [0.1, 0.15) is 6.17 Å². The van der Waals surface area contributed by atoms with Gasteiger partial charge in [0.2, 0.25) is 0 Å². The van der Waals surface area contributed by atoms with E-state index in [1.165, 1.54) is 0 Å². The van der Waals surface area contributed by atoms with Crippen molar-refractivity contribution in [3.63, 3.8) is 0 Å². The average molecular weight is 185 g/mol. The van der Waals surface area contributed by atoms with Gasteiger partial charge in [-0.05, 0) is 6.42 Å². The SMILES string of the molecule is CC.CC[C@@]12C=CCN1C[C@H](F)C2. The Morgan fingerprint density at radius 3 is 2.77 bits per heavy atom. The van der Waals surface area contributed by atoms with E-state index in [-0.39, 0.29) is 5.54 Å². The molecule has 2 aliphatic heterocycles. The van der Waals surface area contributed by atoms with Crippen LogP contribution in [0.25, 0.3) is 0 Å². The molecule has 1 saturated heterocycles. The summed E-state index contributed by atoms with van der Waals surface area (Å²) in [5.41, 5.74) is 0.0966. The predicted molar refractivity (Wildman–Crippen MR) is 54.6 cm³/mol. The molecular formula is C11H20FN. The molecule has 0 saturated carbocycles. The van der Waals surface area contributed by atoms with Gasteiger partial charge in [-0.2, -0.15) is 0 Å². The third-order valence-corrected chi connectivity index (χ3v) is 2.99. The van der Waals surface area contributed by atoms with E-state index in [0.717, 1.165) is 13.0 Å². The van der Waals surface area contributed by atoms with Gasteiger partial charge < -0.3 is 0 Å². The van der Waals surface area contributed by atoms with Crippen molar-refractivity contribution in [3.05, 3.63) is 12.2 Å². The summed E-state index contributed by atoms with van der Waals surface area (Å²) in [6.45, 7) is 7.73. The fourth-order valence-corrected chi connectivity index (χ4v) is 2.31. The van der Waals surface area contributed by atoms with E-state index in [0.29, 0.717) is 13.0 Å². The van der Waals surface area contributed by atoms with E-state index >= 15 is 0 Å². The average Bonchev–Trinajstić information content (AvgIpc) is 2.64. The van der Waals surface area contributed by atoms with Crippen molar-refractivity contribution in [3.8, 4) is 0 Å². The number of hydrogen-bond acceptors (Lipinski definition) is 1. The van der Waals surface area contributed by atoms with Gasteiger partial charge in [0.15, 0.2) is 0 Å². The van der Waals surface area contributed by atoms with Gasteiger partial charge in [-0.25, -0.2) is 4.39 Å². The van der Waals surface area contributed by atoms with Crippen LogP contribution in [0.15, 0.2) is 12.2 Å². The van der Waals surface area contributed by atoms with Crippen LogP contribution in [-0.2, 0) is 0 Å². The Hall–Kier alpha value is -0.370. The van der Waals surface area contributed by atoms with Crippen LogP contribution in [0.1, 0.15) is 33.6 Å². The topological polar surface area (TPSA) is 3.24 Å². The highest BCUT2D eigenvalue weighted by atomic mass is 19.1. The zero-order valence-electron chi connectivity index (χ0n) is 8.89. The van der Waals surface area contributed by atoms with E-state index in [1.54, 1.807) is 0 Å². The van der Waals surface area contributed by atoms with Gasteiger partial charge in [-0.15, -0.1) is 0 Å². The van der Waals surface area contributed by atoms with Gasteiger partial charge in [0.25, 0.3) is 0 Å². The first kappa shape index (κ1) is 10.7. The van der Waals surface area contributed by atoms with E-state index in [1.807, 2.05) is 13.8 Å². The maximum absolute atomic E-state index is 13.0. The summed E-state index contributed by atoms with van der Waals surface area (Å²) in [6.07, 6.45) is 5.51. The van der Waals surface area contributed by atoms with Crippen molar-refractivity contribution in [1.29, 1.82) is 0 Å². The first-order chi connectivity index (χ1) is 6.27. The summed E-state index contributed by atoms with van der Waals surface area (Å²) in [6, 6.07) is 0. The highest BCUT2D eigenvalue weighted by molar-refractivity contribution is 5.18. The monoisotopic (exact) mass is 185 g/mol. The molecule has 0 aromatic carbocycles. The maximum Gasteiger partial charge on any atom is 0.115 e. The molecule has 0 aromatic rings. The minimum atomic E-state index is -0.597. The van der Waals surface area contributed by atoms with Crippen molar-refractivity contribution in [1.82, 2.24) is 4.90 Å². The fraction of sp³-hybridized carbons (Fsp3) is 0.818. The summed E-state index contributed by atoms with van der Waals surface area (Å²) < 4.78 is 13.0. The smallest absolute Gasteiger partial charge is 0.115 e. The number of rotatable bonds is 1. The molecule has 1 fully saturated rings. The normalized spacial score (nSPS) is 37.1. The lowest BCUT2D eigenvalue weighted by molar-refractivity contribution is 0.218. The molecule has 0 amide bonds. The first-order valence-electron chi connectivity index (χ1n) is 5.34. The van der Waals surface area contributed by atoms with Crippen LogP contribution in [0, 0.1) is 0 Å². The summed E-state index contributed by atoms with van der Waals surface area (Å²) in [7, 11) is 0.